The van der Waals surface area contributed by atoms with E-state index >= 15 is 0 Å². The predicted octanol–water partition coefficient (Wildman–Crippen LogP) is 7.89. The Bertz CT molecular complexity index is 821. The van der Waals surface area contributed by atoms with Gasteiger partial charge in [0.05, 0.1) is 0 Å². The van der Waals surface area contributed by atoms with Crippen molar-refractivity contribution in [2.45, 2.75) is 104 Å². The van der Waals surface area contributed by atoms with E-state index < -0.39 is 5.97 Å². The fourth-order valence-electron chi connectivity index (χ4n) is 5.02. The minimum Gasteiger partial charge on any atom is -0.507 e. The highest BCUT2D eigenvalue weighted by Gasteiger charge is 2.32. The third-order valence-corrected chi connectivity index (χ3v) is 6.88. The molecule has 1 aliphatic carbocycles. The van der Waals surface area contributed by atoms with Crippen LogP contribution in [0.1, 0.15) is 119 Å². The van der Waals surface area contributed by atoms with Crippen molar-refractivity contribution < 1.29 is 20.1 Å². The highest BCUT2D eigenvalue weighted by Crippen LogP contribution is 2.48. The van der Waals surface area contributed by atoms with Gasteiger partial charge in [-0.3, -0.25) is 0 Å². The maximum absolute atomic E-state index is 12.1. The van der Waals surface area contributed by atoms with Gasteiger partial charge in [0.2, 0.25) is 0 Å². The molecule has 1 aliphatic rings. The molecule has 32 heavy (non-hydrogen) atoms. The molecular weight excluding hydrogens is 400 g/mol. The quantitative estimate of drug-likeness (QED) is 0.214. The van der Waals surface area contributed by atoms with Gasteiger partial charge in [0.15, 0.2) is 0 Å². The molecule has 0 heterocycles. The zero-order valence-corrected chi connectivity index (χ0v) is 20.3. The van der Waals surface area contributed by atoms with Crippen LogP contribution in [0, 0.1) is 5.92 Å². The number of allylic oxidation sites excluding steroid dienone is 3. The van der Waals surface area contributed by atoms with E-state index in [4.69, 9.17) is 0 Å². The maximum Gasteiger partial charge on any atom is 0.339 e. The molecule has 0 amide bonds. The Hall–Kier alpha value is -2.23. The van der Waals surface area contributed by atoms with E-state index in [0.717, 1.165) is 37.7 Å². The van der Waals surface area contributed by atoms with Gasteiger partial charge < -0.3 is 15.3 Å². The first kappa shape index (κ1) is 26.0. The largest absolute Gasteiger partial charge is 0.507 e. The van der Waals surface area contributed by atoms with Gasteiger partial charge in [0.1, 0.15) is 17.1 Å². The van der Waals surface area contributed by atoms with Crippen molar-refractivity contribution in [2.24, 2.45) is 5.92 Å². The molecule has 4 heteroatoms. The summed E-state index contributed by atoms with van der Waals surface area (Å²) in [6.07, 6.45) is 15.1. The molecule has 0 radical (unpaired) electrons. The molecule has 0 saturated heterocycles. The van der Waals surface area contributed by atoms with E-state index in [0.29, 0.717) is 17.5 Å². The molecule has 4 nitrogen and oxygen atoms in total. The van der Waals surface area contributed by atoms with Crippen molar-refractivity contribution >= 4 is 5.97 Å². The van der Waals surface area contributed by atoms with Crippen LogP contribution in [0.25, 0.3) is 0 Å². The van der Waals surface area contributed by atoms with E-state index in [9.17, 15) is 20.1 Å². The number of carboxylic acid groups (broad SMARTS) is 1. The van der Waals surface area contributed by atoms with E-state index in [-0.39, 0.29) is 28.9 Å². The average molecular weight is 443 g/mol. The van der Waals surface area contributed by atoms with E-state index in [2.05, 4.69) is 13.5 Å². The van der Waals surface area contributed by atoms with Crippen LogP contribution < -0.4 is 0 Å². The third kappa shape index (κ3) is 6.88. The van der Waals surface area contributed by atoms with Crippen LogP contribution in [0.5, 0.6) is 11.5 Å². The minimum atomic E-state index is -1.14. The standard InChI is InChI=1S/C28H42O4/c1-5-6-7-8-9-10-11-12-13-14-21-18-24(29)26(27(30)25(21)28(31)32)23-17-20(4)15-16-22(23)19(2)3/h17-18,22-23,29-30H,2,5-16H2,1,3-4H3,(H,31,32)/t22-,23+/m0/s1. The van der Waals surface area contributed by atoms with Crippen LogP contribution in [0.2, 0.25) is 0 Å². The van der Waals surface area contributed by atoms with Crippen molar-refractivity contribution in [3.05, 3.63) is 46.6 Å². The topological polar surface area (TPSA) is 77.8 Å². The summed E-state index contributed by atoms with van der Waals surface area (Å²) in [6.45, 7) is 10.3. The lowest BCUT2D eigenvalue weighted by Gasteiger charge is -2.32. The highest BCUT2D eigenvalue weighted by molar-refractivity contribution is 5.94. The van der Waals surface area contributed by atoms with Crippen LogP contribution in [-0.2, 0) is 6.42 Å². The van der Waals surface area contributed by atoms with Crippen LogP contribution >= 0.6 is 0 Å². The fraction of sp³-hybridized carbons (Fsp3) is 0.607. The predicted molar refractivity (Wildman–Crippen MR) is 132 cm³/mol. The number of phenols is 2. The molecule has 2 atom stereocenters. The number of hydrogen-bond donors (Lipinski definition) is 3. The number of aryl methyl sites for hydroxylation is 1. The smallest absolute Gasteiger partial charge is 0.339 e. The van der Waals surface area contributed by atoms with Gasteiger partial charge in [-0.25, -0.2) is 4.79 Å². The lowest BCUT2D eigenvalue weighted by Crippen LogP contribution is -2.18. The van der Waals surface area contributed by atoms with Crippen molar-refractivity contribution in [1.29, 1.82) is 0 Å². The molecule has 0 spiro atoms. The first-order valence-electron chi connectivity index (χ1n) is 12.4. The Morgan fingerprint density at radius 3 is 2.22 bits per heavy atom. The Balaban J connectivity index is 2.14. The third-order valence-electron chi connectivity index (χ3n) is 6.88. The van der Waals surface area contributed by atoms with Gasteiger partial charge in [-0.2, -0.15) is 0 Å². The number of rotatable bonds is 13. The van der Waals surface area contributed by atoms with Crippen LogP contribution in [0.15, 0.2) is 29.9 Å². The highest BCUT2D eigenvalue weighted by atomic mass is 16.4. The maximum atomic E-state index is 12.1. The second kappa shape index (κ2) is 12.7. The minimum absolute atomic E-state index is 0.0133. The van der Waals surface area contributed by atoms with Crippen LogP contribution in [0.3, 0.4) is 0 Å². The molecule has 1 aromatic rings. The molecule has 3 N–H and O–H groups in total. The lowest BCUT2D eigenvalue weighted by molar-refractivity contribution is 0.0692. The zero-order valence-electron chi connectivity index (χ0n) is 20.3. The molecule has 0 fully saturated rings. The molecule has 2 rings (SSSR count). The second-order valence-electron chi connectivity index (χ2n) is 9.61. The van der Waals surface area contributed by atoms with Gasteiger partial charge in [0, 0.05) is 11.5 Å². The summed E-state index contributed by atoms with van der Waals surface area (Å²) in [5, 5.41) is 31.7. The van der Waals surface area contributed by atoms with Gasteiger partial charge in [-0.05, 0) is 57.1 Å². The van der Waals surface area contributed by atoms with Crippen LogP contribution in [0.4, 0.5) is 0 Å². The molecule has 0 unspecified atom stereocenters. The fourth-order valence-corrected chi connectivity index (χ4v) is 5.02. The first-order valence-corrected chi connectivity index (χ1v) is 12.4. The molecule has 178 valence electrons. The summed E-state index contributed by atoms with van der Waals surface area (Å²) in [7, 11) is 0. The van der Waals surface area contributed by atoms with Crippen molar-refractivity contribution in [2.75, 3.05) is 0 Å². The number of hydrogen-bond acceptors (Lipinski definition) is 3. The SMILES string of the molecule is C=C(C)[C@@H]1CCC(C)=C[C@H]1c1c(O)cc(CCCCCCCCCCC)c(C(=O)O)c1O. The summed E-state index contributed by atoms with van der Waals surface area (Å²) in [5.74, 6) is -1.63. The molecule has 0 aromatic heterocycles. The zero-order chi connectivity index (χ0) is 23.7. The Morgan fingerprint density at radius 1 is 1.06 bits per heavy atom. The summed E-state index contributed by atoms with van der Waals surface area (Å²) >= 11 is 0. The molecule has 0 saturated carbocycles. The molecule has 0 aliphatic heterocycles. The summed E-state index contributed by atoms with van der Waals surface area (Å²) in [4.78, 5) is 12.1. The van der Waals surface area contributed by atoms with Gasteiger partial charge in [-0.1, -0.05) is 82.1 Å². The van der Waals surface area contributed by atoms with E-state index in [1.165, 1.54) is 44.1 Å². The number of carboxylic acids is 1. The molecule has 1 aromatic carbocycles. The second-order valence-corrected chi connectivity index (χ2v) is 9.61. The molecular formula is C28H42O4. The lowest BCUT2D eigenvalue weighted by atomic mass is 9.73. The number of aromatic carboxylic acids is 1. The first-order chi connectivity index (χ1) is 15.3. The van der Waals surface area contributed by atoms with Gasteiger partial charge in [0.25, 0.3) is 0 Å². The van der Waals surface area contributed by atoms with Crippen molar-refractivity contribution in [1.82, 2.24) is 0 Å². The van der Waals surface area contributed by atoms with Crippen LogP contribution in [-0.4, -0.2) is 21.3 Å². The number of aromatic hydroxyl groups is 2. The van der Waals surface area contributed by atoms with Gasteiger partial charge in [-0.15, -0.1) is 0 Å². The monoisotopic (exact) mass is 442 g/mol. The van der Waals surface area contributed by atoms with Gasteiger partial charge >= 0.3 is 5.97 Å². The Labute approximate surface area is 194 Å². The van der Waals surface area contributed by atoms with E-state index in [1.807, 2.05) is 19.9 Å². The average Bonchev–Trinajstić information content (AvgIpc) is 2.71. The summed E-state index contributed by atoms with van der Waals surface area (Å²) < 4.78 is 0. The normalized spacial score (nSPS) is 18.4. The summed E-state index contributed by atoms with van der Waals surface area (Å²) in [6, 6.07) is 1.57. The summed E-state index contributed by atoms with van der Waals surface area (Å²) in [5.41, 5.74) is 2.94. The molecule has 0 bridgehead atoms. The Kier molecular flexibility index (Phi) is 10.3. The van der Waals surface area contributed by atoms with E-state index in [1.54, 1.807) is 6.07 Å². The Morgan fingerprint density at radius 2 is 1.66 bits per heavy atom. The number of phenolic OH excluding ortho intramolecular Hbond substituents is 1. The number of carbonyl (C=O) groups is 1. The number of unbranched alkanes of at least 4 members (excludes halogenated alkanes) is 8. The van der Waals surface area contributed by atoms with Crippen molar-refractivity contribution in [3.63, 3.8) is 0 Å². The van der Waals surface area contributed by atoms with Crippen molar-refractivity contribution in [3.8, 4) is 11.5 Å². The number of benzene rings is 1.